The zero-order valence-electron chi connectivity index (χ0n) is 13.6. The van der Waals surface area contributed by atoms with Gasteiger partial charge in [0.25, 0.3) is 0 Å². The minimum atomic E-state index is -0.504. The number of ether oxygens (including phenoxy) is 1. The smallest absolute Gasteiger partial charge is 0.331 e. The molecule has 0 bridgehead atoms. The van der Waals surface area contributed by atoms with E-state index in [9.17, 15) is 9.18 Å². The molecule has 124 valence electrons. The molecular weight excluding hydrogens is 315 g/mol. The van der Waals surface area contributed by atoms with Crippen molar-refractivity contribution in [2.75, 3.05) is 0 Å². The molecule has 3 rings (SSSR count). The topological polar surface area (TPSA) is 26.3 Å². The van der Waals surface area contributed by atoms with Crippen LogP contribution in [0.3, 0.4) is 0 Å². The summed E-state index contributed by atoms with van der Waals surface area (Å²) in [7, 11) is 0. The largest absolute Gasteiger partial charge is 0.458 e. The summed E-state index contributed by atoms with van der Waals surface area (Å²) in [6.45, 7) is 0.176. The van der Waals surface area contributed by atoms with Crippen LogP contribution in [-0.4, -0.2) is 5.97 Å². The van der Waals surface area contributed by atoms with Crippen LogP contribution in [0.5, 0.6) is 0 Å². The first-order chi connectivity index (χ1) is 12.2. The van der Waals surface area contributed by atoms with Crippen LogP contribution in [0.4, 0.5) is 4.39 Å². The highest BCUT2D eigenvalue weighted by molar-refractivity contribution is 5.87. The summed E-state index contributed by atoms with van der Waals surface area (Å²) in [6.07, 6.45) is 2.65. The standard InChI is InChI=1S/C22H17FO2/c23-21-9-5-4-8-20(21)14-15-22(24)25-16-17-10-12-19(13-11-17)18-6-2-1-3-7-18/h1-15H,16H2/b15-14+. The maximum absolute atomic E-state index is 13.5. The van der Waals surface area contributed by atoms with Crippen molar-refractivity contribution >= 4 is 12.0 Å². The first-order valence-corrected chi connectivity index (χ1v) is 7.96. The van der Waals surface area contributed by atoms with Gasteiger partial charge in [-0.3, -0.25) is 0 Å². The molecule has 0 N–H and O–H groups in total. The predicted octanol–water partition coefficient (Wildman–Crippen LogP) is 5.25. The average molecular weight is 332 g/mol. The van der Waals surface area contributed by atoms with Gasteiger partial charge in [0.2, 0.25) is 0 Å². The Bertz CT molecular complexity index is 868. The second-order valence-corrected chi connectivity index (χ2v) is 5.53. The Kier molecular flexibility index (Phi) is 5.37. The highest BCUT2D eigenvalue weighted by atomic mass is 19.1. The van der Waals surface area contributed by atoms with E-state index in [1.165, 1.54) is 18.2 Å². The summed E-state index contributed by atoms with van der Waals surface area (Å²) in [5.74, 6) is -0.876. The number of hydrogen-bond acceptors (Lipinski definition) is 2. The van der Waals surface area contributed by atoms with E-state index in [0.29, 0.717) is 5.56 Å². The maximum Gasteiger partial charge on any atom is 0.331 e. The maximum atomic E-state index is 13.5. The van der Waals surface area contributed by atoms with E-state index in [1.54, 1.807) is 18.2 Å². The Morgan fingerprint density at radius 3 is 2.20 bits per heavy atom. The number of esters is 1. The lowest BCUT2D eigenvalue weighted by Crippen LogP contribution is -2.00. The SMILES string of the molecule is O=C(/C=C/c1ccccc1F)OCc1ccc(-c2ccccc2)cc1. The van der Waals surface area contributed by atoms with Gasteiger partial charge in [-0.15, -0.1) is 0 Å². The van der Waals surface area contributed by atoms with Crippen LogP contribution in [0.1, 0.15) is 11.1 Å². The van der Waals surface area contributed by atoms with Crippen molar-refractivity contribution in [3.63, 3.8) is 0 Å². The fourth-order valence-electron chi connectivity index (χ4n) is 2.39. The molecule has 0 unspecified atom stereocenters. The van der Waals surface area contributed by atoms with E-state index in [0.717, 1.165) is 16.7 Å². The molecule has 25 heavy (non-hydrogen) atoms. The van der Waals surface area contributed by atoms with Crippen molar-refractivity contribution in [1.82, 2.24) is 0 Å². The number of carbonyl (C=O) groups is 1. The molecule has 3 aromatic carbocycles. The Labute approximate surface area is 146 Å². The van der Waals surface area contributed by atoms with E-state index < -0.39 is 5.97 Å². The summed E-state index contributed by atoms with van der Waals surface area (Å²) in [5, 5.41) is 0. The molecule has 0 aromatic heterocycles. The number of halogens is 1. The molecule has 0 aliphatic heterocycles. The first kappa shape index (κ1) is 16.7. The fourth-order valence-corrected chi connectivity index (χ4v) is 2.39. The van der Waals surface area contributed by atoms with Gasteiger partial charge in [0.15, 0.2) is 0 Å². The fraction of sp³-hybridized carbons (Fsp3) is 0.0455. The van der Waals surface area contributed by atoms with Gasteiger partial charge in [-0.05, 0) is 28.8 Å². The van der Waals surface area contributed by atoms with E-state index >= 15 is 0 Å². The molecule has 0 saturated heterocycles. The predicted molar refractivity (Wildman–Crippen MR) is 97.1 cm³/mol. The highest BCUT2D eigenvalue weighted by Crippen LogP contribution is 2.19. The molecule has 0 fully saturated rings. The molecule has 0 amide bonds. The lowest BCUT2D eigenvalue weighted by Gasteiger charge is -2.05. The minimum Gasteiger partial charge on any atom is -0.458 e. The molecule has 0 saturated carbocycles. The number of carbonyl (C=O) groups excluding carboxylic acids is 1. The van der Waals surface area contributed by atoms with Gasteiger partial charge in [-0.1, -0.05) is 72.8 Å². The lowest BCUT2D eigenvalue weighted by atomic mass is 10.0. The zero-order chi connectivity index (χ0) is 17.5. The molecule has 0 heterocycles. The van der Waals surface area contributed by atoms with E-state index in [4.69, 9.17) is 4.74 Å². The van der Waals surface area contributed by atoms with Crippen molar-refractivity contribution in [2.45, 2.75) is 6.61 Å². The first-order valence-electron chi connectivity index (χ1n) is 7.96. The molecule has 0 radical (unpaired) electrons. The van der Waals surface area contributed by atoms with Gasteiger partial charge in [-0.2, -0.15) is 0 Å². The van der Waals surface area contributed by atoms with Crippen molar-refractivity contribution in [3.8, 4) is 11.1 Å². The van der Waals surface area contributed by atoms with Gasteiger partial charge >= 0.3 is 5.97 Å². The molecule has 0 aliphatic carbocycles. The Hall–Kier alpha value is -3.20. The monoisotopic (exact) mass is 332 g/mol. The second kappa shape index (κ2) is 8.06. The molecule has 2 nitrogen and oxygen atoms in total. The van der Waals surface area contributed by atoms with Crippen molar-refractivity contribution in [3.05, 3.63) is 102 Å². The van der Waals surface area contributed by atoms with Crippen molar-refractivity contribution in [1.29, 1.82) is 0 Å². The number of benzene rings is 3. The van der Waals surface area contributed by atoms with Crippen LogP contribution in [0.15, 0.2) is 84.9 Å². The van der Waals surface area contributed by atoms with Crippen LogP contribution < -0.4 is 0 Å². The summed E-state index contributed by atoms with van der Waals surface area (Å²) in [5.41, 5.74) is 3.49. The third-order valence-electron chi connectivity index (χ3n) is 3.75. The molecule has 3 heteroatoms. The zero-order valence-corrected chi connectivity index (χ0v) is 13.6. The quantitative estimate of drug-likeness (QED) is 0.471. The van der Waals surface area contributed by atoms with Gasteiger partial charge in [0, 0.05) is 11.6 Å². The normalized spacial score (nSPS) is 10.8. The van der Waals surface area contributed by atoms with Crippen LogP contribution >= 0.6 is 0 Å². The van der Waals surface area contributed by atoms with Crippen LogP contribution in [0.2, 0.25) is 0 Å². The average Bonchev–Trinajstić information content (AvgIpc) is 2.67. The van der Waals surface area contributed by atoms with E-state index in [-0.39, 0.29) is 12.4 Å². The minimum absolute atomic E-state index is 0.176. The summed E-state index contributed by atoms with van der Waals surface area (Å²) < 4.78 is 18.7. The third kappa shape index (κ3) is 4.64. The van der Waals surface area contributed by atoms with Gasteiger partial charge in [0.05, 0.1) is 0 Å². The van der Waals surface area contributed by atoms with Gasteiger partial charge < -0.3 is 4.74 Å². The lowest BCUT2D eigenvalue weighted by molar-refractivity contribution is -0.138. The Morgan fingerprint density at radius 2 is 1.48 bits per heavy atom. The summed E-state index contributed by atoms with van der Waals surface area (Å²) in [4.78, 5) is 11.8. The van der Waals surface area contributed by atoms with Crippen molar-refractivity contribution in [2.24, 2.45) is 0 Å². The number of hydrogen-bond donors (Lipinski definition) is 0. The Morgan fingerprint density at radius 1 is 0.840 bits per heavy atom. The molecular formula is C22H17FO2. The Balaban J connectivity index is 1.56. The van der Waals surface area contributed by atoms with Gasteiger partial charge in [-0.25, -0.2) is 9.18 Å². The van der Waals surface area contributed by atoms with Crippen LogP contribution in [-0.2, 0) is 16.1 Å². The van der Waals surface area contributed by atoms with Gasteiger partial charge in [0.1, 0.15) is 12.4 Å². The number of rotatable bonds is 5. The van der Waals surface area contributed by atoms with Crippen molar-refractivity contribution < 1.29 is 13.9 Å². The van der Waals surface area contributed by atoms with E-state index in [2.05, 4.69) is 0 Å². The summed E-state index contributed by atoms with van der Waals surface area (Å²) >= 11 is 0. The molecule has 3 aromatic rings. The molecule has 0 spiro atoms. The summed E-state index contributed by atoms with van der Waals surface area (Å²) in [6, 6.07) is 24.2. The van der Waals surface area contributed by atoms with Crippen LogP contribution in [0, 0.1) is 5.82 Å². The second-order valence-electron chi connectivity index (χ2n) is 5.53. The third-order valence-corrected chi connectivity index (χ3v) is 3.75. The highest BCUT2D eigenvalue weighted by Gasteiger charge is 2.02. The molecule has 0 atom stereocenters. The molecule has 0 aliphatic rings. The van der Waals surface area contributed by atoms with E-state index in [1.807, 2.05) is 54.6 Å². The van der Waals surface area contributed by atoms with Crippen LogP contribution in [0.25, 0.3) is 17.2 Å².